The summed E-state index contributed by atoms with van der Waals surface area (Å²) in [5.41, 5.74) is 7.05. The van der Waals surface area contributed by atoms with Crippen molar-refractivity contribution in [2.75, 3.05) is 44.4 Å². The molecule has 1 atom stereocenters. The van der Waals surface area contributed by atoms with Gasteiger partial charge in [-0.1, -0.05) is 48.0 Å². The minimum atomic E-state index is -0.188. The molecule has 0 radical (unpaired) electrons. The van der Waals surface area contributed by atoms with Gasteiger partial charge in [0.1, 0.15) is 12.4 Å². The van der Waals surface area contributed by atoms with Crippen LogP contribution in [0, 0.1) is 20.8 Å². The second-order valence-electron chi connectivity index (χ2n) is 10.4. The molecule has 208 valence electrons. The molecule has 9 heteroatoms. The Labute approximate surface area is 244 Å². The molecule has 2 aromatic heterocycles. The lowest BCUT2D eigenvalue weighted by atomic mass is 10.0. The summed E-state index contributed by atoms with van der Waals surface area (Å²) >= 11 is 3.31. The summed E-state index contributed by atoms with van der Waals surface area (Å²) in [5.74, 6) is 0.645. The number of hydrogen-bond acceptors (Lipinski definition) is 6. The number of carbonyl (C=O) groups is 2. The van der Waals surface area contributed by atoms with Crippen LogP contribution in [0.3, 0.4) is 0 Å². The first-order valence-corrected chi connectivity index (χ1v) is 15.3. The van der Waals surface area contributed by atoms with Crippen molar-refractivity contribution in [3.05, 3.63) is 87.1 Å². The van der Waals surface area contributed by atoms with Crippen LogP contribution in [0.2, 0.25) is 0 Å². The highest BCUT2D eigenvalue weighted by molar-refractivity contribution is 8.00. The van der Waals surface area contributed by atoms with Crippen molar-refractivity contribution in [1.82, 2.24) is 20.0 Å². The van der Waals surface area contributed by atoms with Crippen molar-refractivity contribution < 1.29 is 9.59 Å². The zero-order chi connectivity index (χ0) is 28.4. The average molecular weight is 574 g/mol. The van der Waals surface area contributed by atoms with E-state index in [0.717, 1.165) is 40.2 Å². The second kappa shape index (κ2) is 12.0. The third kappa shape index (κ3) is 5.73. The smallest absolute Gasteiger partial charge is 0.240 e. The summed E-state index contributed by atoms with van der Waals surface area (Å²) in [6.45, 7) is 7.41. The lowest BCUT2D eigenvalue weighted by molar-refractivity contribution is -0.122. The van der Waals surface area contributed by atoms with E-state index < -0.39 is 0 Å². The number of thiophene rings is 1. The Hall–Kier alpha value is -3.40. The van der Waals surface area contributed by atoms with Crippen LogP contribution in [0.4, 0.5) is 5.82 Å². The van der Waals surface area contributed by atoms with Gasteiger partial charge < -0.3 is 10.2 Å². The number of carbonyl (C=O) groups excluding carboxylic acids is 2. The minimum Gasteiger partial charge on any atom is -0.353 e. The van der Waals surface area contributed by atoms with Crippen LogP contribution in [0.15, 0.2) is 60.0 Å². The van der Waals surface area contributed by atoms with E-state index in [1.165, 1.54) is 10.4 Å². The highest BCUT2D eigenvalue weighted by Crippen LogP contribution is 2.50. The second-order valence-corrected chi connectivity index (χ2v) is 12.5. The van der Waals surface area contributed by atoms with Gasteiger partial charge in [-0.05, 0) is 63.5 Å². The van der Waals surface area contributed by atoms with Crippen LogP contribution in [-0.4, -0.2) is 66.0 Å². The van der Waals surface area contributed by atoms with E-state index in [0.29, 0.717) is 12.4 Å². The van der Waals surface area contributed by atoms with Crippen molar-refractivity contribution >= 4 is 40.7 Å². The maximum Gasteiger partial charge on any atom is 0.240 e. The van der Waals surface area contributed by atoms with Crippen molar-refractivity contribution in [3.63, 3.8) is 0 Å². The fourth-order valence-electron chi connectivity index (χ4n) is 5.02. The Morgan fingerprint density at radius 3 is 2.52 bits per heavy atom. The number of thioether (sulfide) groups is 1. The molecule has 40 heavy (non-hydrogen) atoms. The van der Waals surface area contributed by atoms with Crippen LogP contribution < -0.4 is 10.2 Å². The molecule has 2 amide bonds. The van der Waals surface area contributed by atoms with E-state index in [2.05, 4.69) is 67.9 Å². The molecule has 1 aliphatic heterocycles. The molecule has 0 saturated heterocycles. The summed E-state index contributed by atoms with van der Waals surface area (Å²) in [7, 11) is 3.93. The summed E-state index contributed by atoms with van der Waals surface area (Å²) in [5, 5.41) is 10.2. The zero-order valence-corrected chi connectivity index (χ0v) is 25.2. The van der Waals surface area contributed by atoms with Gasteiger partial charge in [-0.2, -0.15) is 5.10 Å². The zero-order valence-electron chi connectivity index (χ0n) is 23.6. The number of likely N-dealkylation sites (N-methyl/N-ethyl adjacent to an activating group) is 1. The maximum absolute atomic E-state index is 13.8. The number of hydrogen-bond donors (Lipinski definition) is 1. The van der Waals surface area contributed by atoms with Gasteiger partial charge in [-0.25, -0.2) is 4.68 Å². The Morgan fingerprint density at radius 1 is 1.07 bits per heavy atom. The van der Waals surface area contributed by atoms with E-state index in [1.807, 2.05) is 41.9 Å². The van der Waals surface area contributed by atoms with Gasteiger partial charge in [-0.15, -0.1) is 23.1 Å². The number of nitrogens with zero attached hydrogens (tertiary/aromatic N) is 4. The number of benzene rings is 2. The molecular weight excluding hydrogens is 539 g/mol. The quantitative estimate of drug-likeness (QED) is 0.307. The Kier molecular flexibility index (Phi) is 8.44. The molecule has 3 heterocycles. The predicted molar refractivity (Wildman–Crippen MR) is 166 cm³/mol. The lowest BCUT2D eigenvalue weighted by Gasteiger charge is -2.24. The number of nitrogens with one attached hydrogen (secondary N) is 1. The van der Waals surface area contributed by atoms with Gasteiger partial charge in [-0.3, -0.25) is 14.5 Å². The summed E-state index contributed by atoms with van der Waals surface area (Å²) in [6.07, 6.45) is 0. The molecular formula is C31H35N5O2S2. The lowest BCUT2D eigenvalue weighted by Crippen LogP contribution is -2.43. The number of anilines is 1. The predicted octanol–water partition coefficient (Wildman–Crippen LogP) is 5.37. The molecule has 7 nitrogen and oxygen atoms in total. The molecule has 1 N–H and O–H groups in total. The van der Waals surface area contributed by atoms with Crippen molar-refractivity contribution in [3.8, 4) is 16.9 Å². The molecule has 0 bridgehead atoms. The molecule has 5 rings (SSSR count). The third-order valence-electron chi connectivity index (χ3n) is 7.04. The third-order valence-corrected chi connectivity index (χ3v) is 9.49. The van der Waals surface area contributed by atoms with Crippen LogP contribution >= 0.6 is 23.1 Å². The van der Waals surface area contributed by atoms with Gasteiger partial charge in [0.15, 0.2) is 0 Å². The topological polar surface area (TPSA) is 70.5 Å². The van der Waals surface area contributed by atoms with E-state index in [4.69, 9.17) is 5.10 Å². The summed E-state index contributed by atoms with van der Waals surface area (Å²) in [6, 6.07) is 18.5. The van der Waals surface area contributed by atoms with Crippen LogP contribution in [0.1, 0.15) is 32.4 Å². The van der Waals surface area contributed by atoms with Gasteiger partial charge in [0.05, 0.1) is 22.4 Å². The molecule has 0 saturated carbocycles. The SMILES string of the molecule is Cc1ccc(-n2nc(-c3ccccc3)c3c2N(CC(=O)NCCN(C)C)C(=O)CSC3c2sccc2C)c(C)c1. The number of aromatic nitrogens is 2. The van der Waals surface area contributed by atoms with Gasteiger partial charge in [0, 0.05) is 29.1 Å². The molecule has 1 unspecified atom stereocenters. The normalized spacial score (nSPS) is 15.3. The standard InChI is InChI=1S/C31H35N5O2S2/c1-20-11-12-24(22(3)17-20)36-31-27(28(33-36)23-9-7-6-8-10-23)30(29-21(2)13-16-39-29)40-19-26(38)35(31)18-25(37)32-14-15-34(4)5/h6-13,16-17,30H,14-15,18-19H2,1-5H3,(H,32,37). The van der Waals surface area contributed by atoms with E-state index in [1.54, 1.807) is 28.0 Å². The summed E-state index contributed by atoms with van der Waals surface area (Å²) < 4.78 is 1.89. The van der Waals surface area contributed by atoms with Crippen molar-refractivity contribution in [2.24, 2.45) is 0 Å². The fourth-order valence-corrected chi connectivity index (χ4v) is 7.49. The maximum atomic E-state index is 13.8. The highest BCUT2D eigenvalue weighted by atomic mass is 32.2. The first-order chi connectivity index (χ1) is 19.2. The first kappa shape index (κ1) is 28.1. The molecule has 1 aliphatic rings. The number of aryl methyl sites for hydroxylation is 3. The molecule has 0 spiro atoms. The van der Waals surface area contributed by atoms with E-state index >= 15 is 0 Å². The molecule has 2 aromatic carbocycles. The Balaban J connectivity index is 1.74. The van der Waals surface area contributed by atoms with E-state index in [-0.39, 0.29) is 29.4 Å². The fraction of sp³-hybridized carbons (Fsp3) is 0.323. The number of fused-ring (bicyclic) bond motifs is 1. The molecule has 0 fully saturated rings. The van der Waals surface area contributed by atoms with Crippen molar-refractivity contribution in [1.29, 1.82) is 0 Å². The van der Waals surface area contributed by atoms with Crippen LogP contribution in [0.5, 0.6) is 0 Å². The van der Waals surface area contributed by atoms with Crippen molar-refractivity contribution in [2.45, 2.75) is 26.0 Å². The summed E-state index contributed by atoms with van der Waals surface area (Å²) in [4.78, 5) is 31.9. The van der Waals surface area contributed by atoms with Crippen LogP contribution in [0.25, 0.3) is 16.9 Å². The van der Waals surface area contributed by atoms with Crippen LogP contribution in [-0.2, 0) is 9.59 Å². The average Bonchev–Trinajstić information content (AvgIpc) is 3.48. The minimum absolute atomic E-state index is 0.0687. The monoisotopic (exact) mass is 573 g/mol. The van der Waals surface area contributed by atoms with Gasteiger partial charge in [0.25, 0.3) is 0 Å². The molecule has 0 aliphatic carbocycles. The van der Waals surface area contributed by atoms with Gasteiger partial charge >= 0.3 is 0 Å². The largest absolute Gasteiger partial charge is 0.353 e. The molecule has 4 aromatic rings. The Bertz CT molecular complexity index is 1530. The van der Waals surface area contributed by atoms with E-state index in [9.17, 15) is 9.59 Å². The number of amides is 2. The van der Waals surface area contributed by atoms with Gasteiger partial charge in [0.2, 0.25) is 11.8 Å². The Morgan fingerprint density at radius 2 is 1.85 bits per heavy atom. The number of rotatable bonds is 8. The highest BCUT2D eigenvalue weighted by Gasteiger charge is 2.38. The first-order valence-electron chi connectivity index (χ1n) is 13.4.